The van der Waals surface area contributed by atoms with Crippen molar-refractivity contribution in [2.45, 2.75) is 32.9 Å². The fourth-order valence-corrected chi connectivity index (χ4v) is 3.66. The van der Waals surface area contributed by atoms with Crippen molar-refractivity contribution >= 4 is 14.8 Å². The molecule has 0 rings (SSSR count). The fraction of sp³-hybridized carbons (Fsp3) is 0.769. The van der Waals surface area contributed by atoms with E-state index in [4.69, 9.17) is 22.8 Å². The van der Waals surface area contributed by atoms with Crippen LogP contribution < -0.4 is 0 Å². The van der Waals surface area contributed by atoms with Crippen LogP contribution in [0.5, 0.6) is 0 Å². The molecule has 1 unspecified atom stereocenters. The summed E-state index contributed by atoms with van der Waals surface area (Å²) < 4.78 is 27.1. The van der Waals surface area contributed by atoms with Crippen molar-refractivity contribution < 1.29 is 27.5 Å². The Labute approximate surface area is 122 Å². The molecule has 0 spiro atoms. The van der Waals surface area contributed by atoms with Crippen molar-refractivity contribution in [2.75, 3.05) is 34.0 Å². The van der Waals surface area contributed by atoms with Gasteiger partial charge in [-0.2, -0.15) is 0 Å². The van der Waals surface area contributed by atoms with Gasteiger partial charge in [-0.3, -0.25) is 0 Å². The van der Waals surface area contributed by atoms with Crippen LogP contribution >= 0.6 is 0 Å². The molecule has 7 heteroatoms. The molecule has 0 aromatic heterocycles. The Morgan fingerprint density at radius 2 is 1.85 bits per heavy atom. The minimum absolute atomic E-state index is 0.250. The van der Waals surface area contributed by atoms with Crippen LogP contribution in [0.1, 0.15) is 27.2 Å². The molecular formula is C13H26O6Si. The molecule has 0 aromatic rings. The first kappa shape index (κ1) is 19.3. The summed E-state index contributed by atoms with van der Waals surface area (Å²) in [5.74, 6) is -0.394. The highest BCUT2D eigenvalue weighted by Gasteiger charge is 2.46. The topological polar surface area (TPSA) is 63.2 Å². The van der Waals surface area contributed by atoms with Gasteiger partial charge in [0.25, 0.3) is 0 Å². The number of ether oxygens (including phenoxy) is 2. The van der Waals surface area contributed by atoms with Crippen molar-refractivity contribution in [3.8, 4) is 0 Å². The van der Waals surface area contributed by atoms with E-state index in [0.29, 0.717) is 25.2 Å². The van der Waals surface area contributed by atoms with Crippen LogP contribution in [0.3, 0.4) is 0 Å². The second-order valence-corrected chi connectivity index (χ2v) is 7.35. The maximum absolute atomic E-state index is 11.2. The summed E-state index contributed by atoms with van der Waals surface area (Å²) in [6, 6.07) is 0. The summed E-state index contributed by atoms with van der Waals surface area (Å²) in [7, 11) is 0.249. The third-order valence-electron chi connectivity index (χ3n) is 2.66. The van der Waals surface area contributed by atoms with E-state index < -0.39 is 14.8 Å². The molecule has 0 fully saturated rings. The summed E-state index contributed by atoms with van der Waals surface area (Å²) in [6.45, 7) is 10.1. The van der Waals surface area contributed by atoms with Crippen LogP contribution in [0, 0.1) is 0 Å². The molecule has 1 atom stereocenters. The predicted molar refractivity (Wildman–Crippen MR) is 77.2 cm³/mol. The second kappa shape index (κ2) is 10.1. The molecule has 118 valence electrons. The van der Waals surface area contributed by atoms with E-state index in [0.717, 1.165) is 0 Å². The van der Waals surface area contributed by atoms with Gasteiger partial charge in [0.2, 0.25) is 0 Å². The van der Waals surface area contributed by atoms with Crippen molar-refractivity contribution in [1.29, 1.82) is 0 Å². The number of carbonyl (C=O) groups is 1. The van der Waals surface area contributed by atoms with E-state index >= 15 is 0 Å². The molecule has 0 heterocycles. The first-order valence-electron chi connectivity index (χ1n) is 6.62. The Bertz CT molecular complexity index is 303. The van der Waals surface area contributed by atoms with E-state index in [2.05, 4.69) is 6.58 Å². The van der Waals surface area contributed by atoms with Crippen LogP contribution in [-0.4, -0.2) is 54.5 Å². The Morgan fingerprint density at radius 1 is 1.25 bits per heavy atom. The quantitative estimate of drug-likeness (QED) is 0.251. The molecule has 0 saturated heterocycles. The van der Waals surface area contributed by atoms with Crippen LogP contribution in [0.15, 0.2) is 12.2 Å². The molecule has 0 saturated carbocycles. The molecule has 0 aliphatic carbocycles. The van der Waals surface area contributed by atoms with Gasteiger partial charge in [0, 0.05) is 39.4 Å². The molecule has 6 nitrogen and oxygen atoms in total. The van der Waals surface area contributed by atoms with Gasteiger partial charge in [0.15, 0.2) is 0 Å². The van der Waals surface area contributed by atoms with Crippen molar-refractivity contribution in [2.24, 2.45) is 0 Å². The van der Waals surface area contributed by atoms with E-state index in [-0.39, 0.29) is 12.3 Å². The van der Waals surface area contributed by atoms with Gasteiger partial charge < -0.3 is 22.8 Å². The lowest BCUT2D eigenvalue weighted by molar-refractivity contribution is -0.139. The lowest BCUT2D eigenvalue weighted by atomic mass is 10.4. The molecular weight excluding hydrogens is 280 g/mol. The number of carbonyl (C=O) groups excluding carboxylic acids is 1. The van der Waals surface area contributed by atoms with E-state index in [1.165, 1.54) is 0 Å². The molecule has 20 heavy (non-hydrogen) atoms. The Hall–Kier alpha value is -0.733. The predicted octanol–water partition coefficient (Wildman–Crippen LogP) is 1.71. The standard InChI is InChI=1S/C13H26O6Si/c1-7-17-12(4)20(15-5,16-6)19-10-8-9-18-13(14)11(2)3/h12H,2,7-10H2,1,3-6H3. The summed E-state index contributed by atoms with van der Waals surface area (Å²) in [5.41, 5.74) is 0.133. The van der Waals surface area contributed by atoms with Gasteiger partial charge >= 0.3 is 14.8 Å². The van der Waals surface area contributed by atoms with Gasteiger partial charge in [-0.1, -0.05) is 6.58 Å². The zero-order valence-corrected chi connectivity index (χ0v) is 14.1. The zero-order chi connectivity index (χ0) is 15.6. The number of hydrogen-bond acceptors (Lipinski definition) is 6. The largest absolute Gasteiger partial charge is 0.530 e. The Balaban J connectivity index is 4.16. The van der Waals surface area contributed by atoms with Crippen LogP contribution in [0.2, 0.25) is 0 Å². The molecule has 0 N–H and O–H groups in total. The highest BCUT2D eigenvalue weighted by Crippen LogP contribution is 2.16. The monoisotopic (exact) mass is 306 g/mol. The van der Waals surface area contributed by atoms with E-state index in [9.17, 15) is 4.79 Å². The number of esters is 1. The van der Waals surface area contributed by atoms with Gasteiger partial charge in [0.05, 0.1) is 6.61 Å². The van der Waals surface area contributed by atoms with Gasteiger partial charge in [-0.05, 0) is 20.8 Å². The minimum atomic E-state index is -2.85. The lowest BCUT2D eigenvalue weighted by Crippen LogP contribution is -2.55. The summed E-state index contributed by atoms with van der Waals surface area (Å²) in [6.07, 6.45) is 0.555. The summed E-state index contributed by atoms with van der Waals surface area (Å²) >= 11 is 0. The van der Waals surface area contributed by atoms with Crippen molar-refractivity contribution in [1.82, 2.24) is 0 Å². The van der Waals surface area contributed by atoms with Crippen LogP contribution in [0.4, 0.5) is 0 Å². The zero-order valence-electron chi connectivity index (χ0n) is 13.1. The summed E-state index contributed by atoms with van der Waals surface area (Å²) in [4.78, 5) is 11.2. The Kier molecular flexibility index (Phi) is 9.69. The van der Waals surface area contributed by atoms with Crippen molar-refractivity contribution in [3.05, 3.63) is 12.2 Å². The smallest absolute Gasteiger partial charge is 0.462 e. The first-order valence-corrected chi connectivity index (χ1v) is 8.42. The van der Waals surface area contributed by atoms with E-state index in [1.807, 2.05) is 13.8 Å². The average molecular weight is 306 g/mol. The highest BCUT2D eigenvalue weighted by atomic mass is 28.4. The average Bonchev–Trinajstić information content (AvgIpc) is 2.43. The third kappa shape index (κ3) is 6.15. The normalized spacial score (nSPS) is 13.1. The highest BCUT2D eigenvalue weighted by molar-refractivity contribution is 6.62. The first-order chi connectivity index (χ1) is 9.43. The van der Waals surface area contributed by atoms with Crippen molar-refractivity contribution in [3.63, 3.8) is 0 Å². The van der Waals surface area contributed by atoms with E-state index in [1.54, 1.807) is 21.1 Å². The van der Waals surface area contributed by atoms with Crippen LogP contribution in [-0.2, 0) is 27.5 Å². The van der Waals surface area contributed by atoms with Gasteiger partial charge in [0.1, 0.15) is 5.73 Å². The van der Waals surface area contributed by atoms with Crippen LogP contribution in [0.25, 0.3) is 0 Å². The SMILES string of the molecule is C=C(C)C(=O)OCCCO[Si](OC)(OC)C(C)OCC. The molecule has 0 radical (unpaired) electrons. The minimum Gasteiger partial charge on any atom is -0.462 e. The maximum Gasteiger partial charge on any atom is 0.530 e. The second-order valence-electron chi connectivity index (χ2n) is 4.23. The molecule has 0 aliphatic rings. The maximum atomic E-state index is 11.2. The lowest BCUT2D eigenvalue weighted by Gasteiger charge is -2.31. The molecule has 0 aromatic carbocycles. The third-order valence-corrected chi connectivity index (χ3v) is 5.56. The molecule has 0 amide bonds. The Morgan fingerprint density at radius 3 is 2.30 bits per heavy atom. The van der Waals surface area contributed by atoms with Gasteiger partial charge in [-0.25, -0.2) is 4.79 Å². The molecule has 0 aliphatic heterocycles. The number of hydrogen-bond donors (Lipinski definition) is 0. The number of rotatable bonds is 11. The van der Waals surface area contributed by atoms with Gasteiger partial charge in [-0.15, -0.1) is 0 Å². The fourth-order valence-electron chi connectivity index (χ4n) is 1.56. The summed E-state index contributed by atoms with van der Waals surface area (Å²) in [5, 5.41) is 0. The molecule has 0 bridgehead atoms.